The van der Waals surface area contributed by atoms with Gasteiger partial charge in [-0.1, -0.05) is 55.5 Å². The third-order valence-corrected chi connectivity index (χ3v) is 7.02. The van der Waals surface area contributed by atoms with E-state index in [2.05, 4.69) is 10.6 Å². The molecule has 0 bridgehead atoms. The van der Waals surface area contributed by atoms with Gasteiger partial charge in [0.25, 0.3) is 0 Å². The maximum Gasteiger partial charge on any atom is 0.237 e. The Kier molecular flexibility index (Phi) is 9.12. The van der Waals surface area contributed by atoms with Gasteiger partial charge in [-0.05, 0) is 30.5 Å². The van der Waals surface area contributed by atoms with E-state index in [0.717, 1.165) is 17.5 Å². The van der Waals surface area contributed by atoms with Gasteiger partial charge in [0, 0.05) is 30.1 Å². The topological polar surface area (TPSA) is 128 Å². The zero-order valence-electron chi connectivity index (χ0n) is 19.1. The number of hydrogen-bond acceptors (Lipinski definition) is 7. The van der Waals surface area contributed by atoms with Crippen LogP contribution in [0.15, 0.2) is 71.0 Å². The van der Waals surface area contributed by atoms with Crippen LogP contribution in [-0.4, -0.2) is 58.0 Å². The molecule has 3 atom stereocenters. The molecule has 8 nitrogen and oxygen atoms in total. The summed E-state index contributed by atoms with van der Waals surface area (Å²) >= 11 is 0. The van der Waals surface area contributed by atoms with Gasteiger partial charge >= 0.3 is 0 Å². The van der Waals surface area contributed by atoms with E-state index in [1.54, 1.807) is 42.5 Å². The zero-order chi connectivity index (χ0) is 24.6. The van der Waals surface area contributed by atoms with Crippen molar-refractivity contribution >= 4 is 21.5 Å². The van der Waals surface area contributed by atoms with Crippen molar-refractivity contribution < 1.29 is 22.7 Å². The summed E-state index contributed by atoms with van der Waals surface area (Å²) in [6.45, 7) is 3.58. The Morgan fingerprint density at radius 2 is 1.88 bits per heavy atom. The number of hydrogen-bond donors (Lipinski definition) is 3. The lowest BCUT2D eigenvalue weighted by Gasteiger charge is -2.22. The largest absolute Gasteiger partial charge is 0.367 e. The van der Waals surface area contributed by atoms with Crippen LogP contribution in [0, 0.1) is 0 Å². The molecule has 0 saturated carbocycles. The number of amides is 1. The SMILES string of the molecule is CC[C@@H](C=CS(=O)(=O)c1ccccc1)NC(=O)[C@@H](N)Cc1ccc(C(=O)C2CNCCO2)cc1. The molecule has 3 rings (SSSR count). The lowest BCUT2D eigenvalue weighted by atomic mass is 10.0. The van der Waals surface area contributed by atoms with E-state index in [9.17, 15) is 18.0 Å². The summed E-state index contributed by atoms with van der Waals surface area (Å²) in [5, 5.41) is 7.04. The van der Waals surface area contributed by atoms with Gasteiger partial charge in [-0.25, -0.2) is 8.42 Å². The minimum Gasteiger partial charge on any atom is -0.367 e. The Morgan fingerprint density at radius 3 is 2.50 bits per heavy atom. The van der Waals surface area contributed by atoms with E-state index in [1.165, 1.54) is 18.2 Å². The third kappa shape index (κ3) is 7.07. The van der Waals surface area contributed by atoms with E-state index in [1.807, 2.05) is 6.92 Å². The number of carbonyl (C=O) groups is 2. The van der Waals surface area contributed by atoms with Crippen LogP contribution in [0.2, 0.25) is 0 Å². The van der Waals surface area contributed by atoms with Gasteiger partial charge in [0.1, 0.15) is 6.10 Å². The summed E-state index contributed by atoms with van der Waals surface area (Å²) in [4.78, 5) is 25.3. The highest BCUT2D eigenvalue weighted by atomic mass is 32.2. The van der Waals surface area contributed by atoms with Crippen LogP contribution in [-0.2, 0) is 25.8 Å². The molecule has 1 saturated heterocycles. The lowest BCUT2D eigenvalue weighted by molar-refractivity contribution is -0.122. The highest BCUT2D eigenvalue weighted by Gasteiger charge is 2.23. The van der Waals surface area contributed by atoms with Crippen LogP contribution in [0.3, 0.4) is 0 Å². The molecule has 0 spiro atoms. The number of nitrogens with one attached hydrogen (secondary N) is 2. The van der Waals surface area contributed by atoms with E-state index in [-0.39, 0.29) is 23.0 Å². The molecule has 2 aromatic carbocycles. The molecule has 2 aromatic rings. The number of rotatable bonds is 10. The van der Waals surface area contributed by atoms with E-state index in [0.29, 0.717) is 25.1 Å². The average molecular weight is 486 g/mol. The number of nitrogens with two attached hydrogens (primary N) is 1. The summed E-state index contributed by atoms with van der Waals surface area (Å²) in [6, 6.07) is 13.8. The molecular weight excluding hydrogens is 454 g/mol. The van der Waals surface area contributed by atoms with E-state index >= 15 is 0 Å². The molecule has 1 heterocycles. The number of ketones is 1. The first-order chi connectivity index (χ1) is 16.3. The van der Waals surface area contributed by atoms with Crippen LogP contribution < -0.4 is 16.4 Å². The van der Waals surface area contributed by atoms with Crippen LogP contribution in [0.4, 0.5) is 0 Å². The highest BCUT2D eigenvalue weighted by molar-refractivity contribution is 7.94. The molecule has 0 aromatic heterocycles. The number of Topliss-reactive ketones (excluding diaryl/α,β-unsaturated/α-hetero) is 1. The smallest absolute Gasteiger partial charge is 0.237 e. The number of ether oxygens (including phenoxy) is 1. The molecule has 0 aliphatic carbocycles. The lowest BCUT2D eigenvalue weighted by Crippen LogP contribution is -2.45. The second kappa shape index (κ2) is 12.0. The molecule has 182 valence electrons. The van der Waals surface area contributed by atoms with Gasteiger partial charge in [-0.15, -0.1) is 0 Å². The summed E-state index contributed by atoms with van der Waals surface area (Å²) in [5.74, 6) is -0.459. The quantitative estimate of drug-likeness (QED) is 0.436. The van der Waals surface area contributed by atoms with Crippen molar-refractivity contribution in [1.82, 2.24) is 10.6 Å². The minimum absolute atomic E-state index is 0.0798. The summed E-state index contributed by atoms with van der Waals surface area (Å²) < 4.78 is 30.4. The minimum atomic E-state index is -3.59. The first-order valence-corrected chi connectivity index (χ1v) is 12.8. The molecule has 1 amide bonds. The van der Waals surface area contributed by atoms with Gasteiger partial charge in [0.2, 0.25) is 5.91 Å². The second-order valence-electron chi connectivity index (χ2n) is 8.15. The Bertz CT molecular complexity index is 1100. The molecule has 1 unspecified atom stereocenters. The van der Waals surface area contributed by atoms with Crippen molar-refractivity contribution in [1.29, 1.82) is 0 Å². The van der Waals surface area contributed by atoms with Crippen molar-refractivity contribution in [2.75, 3.05) is 19.7 Å². The summed E-state index contributed by atoms with van der Waals surface area (Å²) in [5.41, 5.74) is 7.45. The number of carbonyl (C=O) groups excluding carboxylic acids is 2. The highest BCUT2D eigenvalue weighted by Crippen LogP contribution is 2.13. The molecule has 1 fully saturated rings. The molecule has 34 heavy (non-hydrogen) atoms. The fourth-order valence-corrected chi connectivity index (χ4v) is 4.62. The normalized spacial score (nSPS) is 18.4. The van der Waals surface area contributed by atoms with Crippen LogP contribution in [0.1, 0.15) is 29.3 Å². The summed E-state index contributed by atoms with van der Waals surface area (Å²) in [6.07, 6.45) is 1.77. The van der Waals surface area contributed by atoms with Gasteiger partial charge in [-0.2, -0.15) is 0 Å². The second-order valence-corrected chi connectivity index (χ2v) is 9.98. The Morgan fingerprint density at radius 1 is 1.18 bits per heavy atom. The molecule has 1 aliphatic rings. The van der Waals surface area contributed by atoms with Crippen molar-refractivity contribution in [3.63, 3.8) is 0 Å². The number of sulfone groups is 1. The van der Waals surface area contributed by atoms with Gasteiger partial charge in [0.15, 0.2) is 15.6 Å². The Hall–Kier alpha value is -2.85. The van der Waals surface area contributed by atoms with Crippen LogP contribution >= 0.6 is 0 Å². The van der Waals surface area contributed by atoms with Crippen molar-refractivity contribution in [2.24, 2.45) is 5.73 Å². The molecule has 1 aliphatic heterocycles. The van der Waals surface area contributed by atoms with Gasteiger partial charge in [0.05, 0.1) is 17.5 Å². The summed E-state index contributed by atoms with van der Waals surface area (Å²) in [7, 11) is -3.59. The fourth-order valence-electron chi connectivity index (χ4n) is 3.53. The zero-order valence-corrected chi connectivity index (χ0v) is 20.0. The molecule has 9 heteroatoms. The number of benzene rings is 2. The standard InChI is InChI=1S/C25H31N3O5S/c1-2-20(12-15-34(31,32)21-6-4-3-5-7-21)28-25(30)22(26)16-18-8-10-19(11-9-18)24(29)23-17-27-13-14-33-23/h3-12,15,20,22-23,27H,2,13-14,16-17,26H2,1H3,(H,28,30)/t20-,22-,23?/m0/s1. The monoisotopic (exact) mass is 485 g/mol. The average Bonchev–Trinajstić information content (AvgIpc) is 2.87. The van der Waals surface area contributed by atoms with Gasteiger partial charge in [-0.3, -0.25) is 9.59 Å². The fraction of sp³-hybridized carbons (Fsp3) is 0.360. The molecular formula is C25H31N3O5S. The first kappa shape index (κ1) is 25.8. The van der Waals surface area contributed by atoms with Crippen molar-refractivity contribution in [3.05, 3.63) is 77.2 Å². The molecule has 4 N–H and O–H groups in total. The van der Waals surface area contributed by atoms with Crippen LogP contribution in [0.5, 0.6) is 0 Å². The van der Waals surface area contributed by atoms with Gasteiger partial charge < -0.3 is 21.1 Å². The van der Waals surface area contributed by atoms with Crippen molar-refractivity contribution in [2.45, 2.75) is 42.8 Å². The Labute approximate surface area is 200 Å². The van der Waals surface area contributed by atoms with E-state index < -0.39 is 28.0 Å². The van der Waals surface area contributed by atoms with Crippen molar-refractivity contribution in [3.8, 4) is 0 Å². The number of morpholine rings is 1. The van der Waals surface area contributed by atoms with Crippen LogP contribution in [0.25, 0.3) is 0 Å². The maximum absolute atomic E-state index is 12.6. The third-order valence-electron chi connectivity index (χ3n) is 5.58. The predicted molar refractivity (Wildman–Crippen MR) is 130 cm³/mol. The Balaban J connectivity index is 1.55. The molecule has 0 radical (unpaired) electrons. The predicted octanol–water partition coefficient (Wildman–Crippen LogP) is 1.61. The maximum atomic E-state index is 12.6. The first-order valence-electron chi connectivity index (χ1n) is 11.3. The van der Waals surface area contributed by atoms with E-state index in [4.69, 9.17) is 10.5 Å².